The molecule has 16 nitrogen and oxygen atoms in total. The fraction of sp³-hybridized carbons (Fsp3) is 0.0980. The van der Waals surface area contributed by atoms with E-state index in [-0.39, 0.29) is 5.97 Å². The standard InChI is InChI=1S/C26H21N5O3.C25H19N5O3/c1-33-26(32)23(13-18-5-3-2-4-6-18)31-24-15-22(29-17-30-24)20-7-9-21(10-8-20)34-25-14-19(16-27)11-12-28-25;26-15-18-10-11-27-24(13-18)33-20-8-6-19(7-9-20)21-14-23(29-16-28-21)30-22(25(31)32)12-17-4-2-1-3-5-17/h2-12,14-15,17,23H,13H2,1H3,(H,29,30,31);1-11,13-14,16,22H,12H2,(H,31,32)(H,28,29,30). The van der Waals surface area contributed by atoms with E-state index in [1.165, 1.54) is 32.2 Å². The predicted molar refractivity (Wildman–Crippen MR) is 248 cm³/mol. The molecule has 0 fully saturated rings. The Balaban J connectivity index is 0.000000199. The Morgan fingerprint density at radius 2 is 1.00 bits per heavy atom. The lowest BCUT2D eigenvalue weighted by atomic mass is 10.1. The number of hydrogen-bond acceptors (Lipinski definition) is 15. The van der Waals surface area contributed by atoms with Gasteiger partial charge in [0, 0.05) is 60.6 Å². The molecule has 0 amide bonds. The van der Waals surface area contributed by atoms with E-state index in [4.69, 9.17) is 24.7 Å². The maximum Gasteiger partial charge on any atom is 0.328 e. The summed E-state index contributed by atoms with van der Waals surface area (Å²) in [5.74, 6) is 1.39. The second-order valence-electron chi connectivity index (χ2n) is 14.5. The number of esters is 1. The summed E-state index contributed by atoms with van der Waals surface area (Å²) >= 11 is 0. The number of benzene rings is 4. The predicted octanol–water partition coefficient (Wildman–Crippen LogP) is 8.71. The summed E-state index contributed by atoms with van der Waals surface area (Å²) in [7, 11) is 1.36. The average molecular weight is 889 g/mol. The monoisotopic (exact) mass is 888 g/mol. The number of anilines is 2. The van der Waals surface area contributed by atoms with E-state index in [1.54, 1.807) is 60.7 Å². The SMILES string of the molecule is COC(=O)C(Cc1ccccc1)Nc1cc(-c2ccc(Oc3cc(C#N)ccn3)cc2)ncn1.N#Cc1ccnc(Oc2ccc(-c3cc(NC(Cc4ccccc4)C(=O)O)ncn3)cc2)c1. The van der Waals surface area contributed by atoms with Crippen molar-refractivity contribution in [1.82, 2.24) is 29.9 Å². The second-order valence-corrected chi connectivity index (χ2v) is 14.5. The first-order chi connectivity index (χ1) is 32.7. The van der Waals surface area contributed by atoms with Gasteiger partial charge < -0.3 is 30.0 Å². The maximum atomic E-state index is 12.3. The van der Waals surface area contributed by atoms with Crippen LogP contribution in [0.25, 0.3) is 22.5 Å². The van der Waals surface area contributed by atoms with E-state index in [2.05, 4.69) is 46.6 Å². The van der Waals surface area contributed by atoms with Crippen LogP contribution >= 0.6 is 0 Å². The fourth-order valence-corrected chi connectivity index (χ4v) is 6.48. The molecule has 330 valence electrons. The first-order valence-electron chi connectivity index (χ1n) is 20.6. The molecule has 0 aliphatic rings. The summed E-state index contributed by atoms with van der Waals surface area (Å²) in [5.41, 5.74) is 5.81. The number of rotatable bonds is 16. The number of aliphatic carboxylic acids is 1. The number of carbonyl (C=O) groups excluding carboxylic acids is 1. The second kappa shape index (κ2) is 22.7. The van der Waals surface area contributed by atoms with Gasteiger partial charge in [-0.05, 0) is 71.8 Å². The highest BCUT2D eigenvalue weighted by Gasteiger charge is 2.21. The molecule has 0 aliphatic heterocycles. The van der Waals surface area contributed by atoms with E-state index in [9.17, 15) is 14.7 Å². The molecule has 0 saturated heterocycles. The van der Waals surface area contributed by atoms with E-state index in [0.717, 1.165) is 22.3 Å². The molecule has 0 aliphatic carbocycles. The van der Waals surface area contributed by atoms with Crippen LogP contribution in [-0.4, -0.2) is 66.1 Å². The third-order valence-electron chi connectivity index (χ3n) is 9.80. The highest BCUT2D eigenvalue weighted by atomic mass is 16.5. The van der Waals surface area contributed by atoms with Gasteiger partial charge in [-0.1, -0.05) is 60.7 Å². The summed E-state index contributed by atoms with van der Waals surface area (Å²) < 4.78 is 16.4. The Morgan fingerprint density at radius 1 is 0.567 bits per heavy atom. The van der Waals surface area contributed by atoms with Crippen molar-refractivity contribution in [2.45, 2.75) is 24.9 Å². The Bertz CT molecular complexity index is 3000. The number of nitrogens with zero attached hydrogens (tertiary/aromatic N) is 8. The molecule has 4 aromatic heterocycles. The molecular formula is C51H40N10O6. The van der Waals surface area contributed by atoms with Crippen molar-refractivity contribution in [3.8, 4) is 57.9 Å². The number of carboxylic acids is 1. The zero-order valence-electron chi connectivity index (χ0n) is 35.8. The number of hydrogen-bond donors (Lipinski definition) is 3. The van der Waals surface area contributed by atoms with Crippen molar-refractivity contribution in [2.75, 3.05) is 17.7 Å². The molecule has 3 N–H and O–H groups in total. The molecule has 4 aromatic carbocycles. The van der Waals surface area contributed by atoms with Gasteiger partial charge in [0.15, 0.2) is 0 Å². The van der Waals surface area contributed by atoms with Crippen LogP contribution in [0.15, 0.2) is 171 Å². The van der Waals surface area contributed by atoms with Gasteiger partial charge in [-0.2, -0.15) is 10.5 Å². The molecule has 4 heterocycles. The van der Waals surface area contributed by atoms with Crippen LogP contribution in [0.2, 0.25) is 0 Å². The van der Waals surface area contributed by atoms with Crippen molar-refractivity contribution < 1.29 is 28.9 Å². The van der Waals surface area contributed by atoms with Crippen LogP contribution in [-0.2, 0) is 27.2 Å². The normalized spacial score (nSPS) is 11.2. The minimum absolute atomic E-state index is 0.322. The smallest absolute Gasteiger partial charge is 0.328 e. The molecule has 0 radical (unpaired) electrons. The van der Waals surface area contributed by atoms with Crippen LogP contribution in [0.3, 0.4) is 0 Å². The van der Waals surface area contributed by atoms with E-state index in [0.29, 0.717) is 70.3 Å². The summed E-state index contributed by atoms with van der Waals surface area (Å²) in [6.07, 6.45) is 6.65. The number of nitrogens with one attached hydrogen (secondary N) is 2. The lowest BCUT2D eigenvalue weighted by Gasteiger charge is -2.17. The number of carbonyl (C=O) groups is 2. The Morgan fingerprint density at radius 3 is 1.42 bits per heavy atom. The fourth-order valence-electron chi connectivity index (χ4n) is 6.48. The number of carboxylic acid groups (broad SMARTS) is 1. The Labute approximate surface area is 385 Å². The van der Waals surface area contributed by atoms with Crippen molar-refractivity contribution in [1.29, 1.82) is 10.5 Å². The van der Waals surface area contributed by atoms with Crippen LogP contribution in [0.1, 0.15) is 22.3 Å². The first kappa shape index (κ1) is 45.5. The molecule has 2 unspecified atom stereocenters. The highest BCUT2D eigenvalue weighted by Crippen LogP contribution is 2.27. The molecule has 8 rings (SSSR count). The Kier molecular flexibility index (Phi) is 15.4. The number of methoxy groups -OCH3 is 1. The number of ether oxygens (including phenoxy) is 3. The quantitative estimate of drug-likeness (QED) is 0.0770. The molecule has 0 saturated carbocycles. The molecule has 0 spiro atoms. The van der Waals surface area contributed by atoms with Gasteiger partial charge in [0.2, 0.25) is 11.8 Å². The minimum atomic E-state index is -0.963. The largest absolute Gasteiger partial charge is 0.480 e. The van der Waals surface area contributed by atoms with E-state index >= 15 is 0 Å². The molecule has 16 heteroatoms. The average Bonchev–Trinajstić information content (AvgIpc) is 3.37. The summed E-state index contributed by atoms with van der Waals surface area (Å²) in [6.45, 7) is 0. The van der Waals surface area contributed by atoms with E-state index in [1.807, 2.05) is 91.0 Å². The van der Waals surface area contributed by atoms with Crippen LogP contribution in [0.4, 0.5) is 11.6 Å². The van der Waals surface area contributed by atoms with Crippen LogP contribution in [0.5, 0.6) is 23.3 Å². The zero-order chi connectivity index (χ0) is 46.8. The summed E-state index contributed by atoms with van der Waals surface area (Å²) in [6, 6.07) is 46.1. The van der Waals surface area contributed by atoms with Crippen LogP contribution < -0.4 is 20.1 Å². The van der Waals surface area contributed by atoms with Gasteiger partial charge in [-0.25, -0.2) is 39.5 Å². The first-order valence-corrected chi connectivity index (χ1v) is 20.6. The van der Waals surface area contributed by atoms with Gasteiger partial charge in [-0.3, -0.25) is 0 Å². The van der Waals surface area contributed by atoms with E-state index < -0.39 is 18.1 Å². The molecule has 67 heavy (non-hydrogen) atoms. The van der Waals surface area contributed by atoms with Gasteiger partial charge in [0.25, 0.3) is 0 Å². The molecule has 2 atom stereocenters. The molecular weight excluding hydrogens is 849 g/mol. The zero-order valence-corrected chi connectivity index (χ0v) is 35.8. The van der Waals surface area contributed by atoms with Gasteiger partial charge in [0.05, 0.1) is 41.8 Å². The van der Waals surface area contributed by atoms with Gasteiger partial charge >= 0.3 is 11.9 Å². The van der Waals surface area contributed by atoms with Crippen molar-refractivity contribution in [2.24, 2.45) is 0 Å². The lowest BCUT2D eigenvalue weighted by molar-refractivity contribution is -0.141. The maximum absolute atomic E-state index is 12.3. The third kappa shape index (κ3) is 13.2. The topological polar surface area (TPSA) is 231 Å². The van der Waals surface area contributed by atoms with Crippen molar-refractivity contribution in [3.05, 3.63) is 193 Å². The van der Waals surface area contributed by atoms with Crippen molar-refractivity contribution in [3.63, 3.8) is 0 Å². The number of nitriles is 2. The number of pyridine rings is 2. The summed E-state index contributed by atoms with van der Waals surface area (Å²) in [4.78, 5) is 49.4. The Hall–Kier alpha value is -9.54. The lowest BCUT2D eigenvalue weighted by Crippen LogP contribution is -2.33. The molecule has 8 aromatic rings. The highest BCUT2D eigenvalue weighted by molar-refractivity contribution is 5.80. The third-order valence-corrected chi connectivity index (χ3v) is 9.80. The minimum Gasteiger partial charge on any atom is -0.480 e. The molecule has 0 bridgehead atoms. The van der Waals surface area contributed by atoms with Gasteiger partial charge in [0.1, 0.15) is 47.9 Å². The van der Waals surface area contributed by atoms with Crippen LogP contribution in [0, 0.1) is 22.7 Å². The summed E-state index contributed by atoms with van der Waals surface area (Å²) in [5, 5.41) is 33.8. The van der Waals surface area contributed by atoms with Crippen molar-refractivity contribution >= 4 is 23.6 Å². The number of aromatic nitrogens is 6. The van der Waals surface area contributed by atoms with Gasteiger partial charge in [-0.15, -0.1) is 0 Å².